The molecule has 0 spiro atoms. The lowest BCUT2D eigenvalue weighted by molar-refractivity contribution is 0.154. The fourth-order valence-electron chi connectivity index (χ4n) is 2.42. The number of aliphatic hydroxyl groups excluding tert-OH is 1. The van der Waals surface area contributed by atoms with Gasteiger partial charge in [-0.2, -0.15) is 0 Å². The first-order chi connectivity index (χ1) is 10.2. The van der Waals surface area contributed by atoms with Crippen LogP contribution in [0.3, 0.4) is 0 Å². The second-order valence-electron chi connectivity index (χ2n) is 5.19. The van der Waals surface area contributed by atoms with Crippen LogP contribution in [0.4, 0.5) is 0 Å². The average Bonchev–Trinajstić information content (AvgIpc) is 2.56. The molecule has 1 unspecified atom stereocenters. The number of thioether (sulfide) groups is 1. The zero-order valence-corrected chi connectivity index (χ0v) is 13.5. The van der Waals surface area contributed by atoms with E-state index in [0.29, 0.717) is 0 Å². The van der Waals surface area contributed by atoms with Crippen molar-refractivity contribution in [1.29, 1.82) is 0 Å². The van der Waals surface area contributed by atoms with Gasteiger partial charge in [0.15, 0.2) is 0 Å². The third kappa shape index (κ3) is 3.93. The number of likely N-dealkylation sites (N-methyl/N-ethyl adjacent to an activating group) is 1. The van der Waals surface area contributed by atoms with Crippen LogP contribution in [0.2, 0.25) is 0 Å². The third-order valence-electron chi connectivity index (χ3n) is 4.05. The van der Waals surface area contributed by atoms with Gasteiger partial charge in [0.1, 0.15) is 11.4 Å². The Balaban J connectivity index is 1.94. The lowest BCUT2D eigenvalue weighted by Crippen LogP contribution is -2.45. The van der Waals surface area contributed by atoms with Gasteiger partial charge in [-0.1, -0.05) is 25.1 Å². The molecule has 0 aliphatic carbocycles. The Bertz CT molecular complexity index is 559. The van der Waals surface area contributed by atoms with E-state index in [4.69, 9.17) is 0 Å². The summed E-state index contributed by atoms with van der Waals surface area (Å²) in [6.07, 6.45) is 4.56. The second kappa shape index (κ2) is 7.73. The zero-order valence-electron chi connectivity index (χ0n) is 12.7. The topological polar surface area (TPSA) is 58.0 Å². The summed E-state index contributed by atoms with van der Waals surface area (Å²) < 4.78 is 0. The molecule has 0 fully saturated rings. The first kappa shape index (κ1) is 16.2. The smallest absolute Gasteiger partial charge is 0.117 e. The Kier molecular flexibility index (Phi) is 5.96. The molecule has 21 heavy (non-hydrogen) atoms. The van der Waals surface area contributed by atoms with Gasteiger partial charge >= 0.3 is 0 Å². The molecule has 1 atom stereocenters. The molecule has 0 radical (unpaired) electrons. The lowest BCUT2D eigenvalue weighted by Gasteiger charge is -2.30. The molecule has 1 heterocycles. The number of aliphatic hydroxyl groups is 1. The van der Waals surface area contributed by atoms with E-state index in [-0.39, 0.29) is 12.1 Å². The van der Waals surface area contributed by atoms with Crippen molar-refractivity contribution in [3.63, 3.8) is 0 Å². The molecule has 2 rings (SSSR count). The predicted molar refractivity (Wildman–Crippen MR) is 88.7 cm³/mol. The highest BCUT2D eigenvalue weighted by atomic mass is 32.2. The number of nitrogens with zero attached hydrogens (tertiary/aromatic N) is 2. The van der Waals surface area contributed by atoms with Crippen molar-refractivity contribution in [2.24, 2.45) is 0 Å². The van der Waals surface area contributed by atoms with E-state index < -0.39 is 0 Å². The maximum atomic E-state index is 9.54. The van der Waals surface area contributed by atoms with E-state index >= 15 is 0 Å². The van der Waals surface area contributed by atoms with Gasteiger partial charge in [-0.15, -0.1) is 11.8 Å². The van der Waals surface area contributed by atoms with Crippen molar-refractivity contribution in [2.45, 2.75) is 36.8 Å². The van der Waals surface area contributed by atoms with Crippen LogP contribution in [0, 0.1) is 0 Å². The fraction of sp³-hybridized carbons (Fsp3) is 0.500. The summed E-state index contributed by atoms with van der Waals surface area (Å²) >= 11 is 1.76. The summed E-state index contributed by atoms with van der Waals surface area (Å²) in [7, 11) is 1.92. The Labute approximate surface area is 130 Å². The van der Waals surface area contributed by atoms with Crippen molar-refractivity contribution in [2.75, 3.05) is 19.4 Å². The molecule has 5 heteroatoms. The van der Waals surface area contributed by atoms with Crippen molar-refractivity contribution < 1.29 is 5.11 Å². The standard InChI is InChI=1S/C16H23N3OS/c1-3-16(11-20,17-2)9-6-10-21-15-13-7-4-5-8-14(13)18-12-19-15/h4-5,7-8,12,17,20H,3,6,9-11H2,1-2H3. The Hall–Kier alpha value is -1.17. The number of benzene rings is 1. The van der Waals surface area contributed by atoms with Gasteiger partial charge in [-0.3, -0.25) is 0 Å². The van der Waals surface area contributed by atoms with E-state index in [1.807, 2.05) is 25.2 Å². The number of nitrogens with one attached hydrogen (secondary N) is 1. The average molecular weight is 305 g/mol. The molecule has 4 nitrogen and oxygen atoms in total. The fourth-order valence-corrected chi connectivity index (χ4v) is 3.35. The minimum atomic E-state index is -0.145. The molecule has 0 amide bonds. The Morgan fingerprint density at radius 2 is 2.10 bits per heavy atom. The molecule has 1 aromatic heterocycles. The van der Waals surface area contributed by atoms with Crippen molar-refractivity contribution in [3.05, 3.63) is 30.6 Å². The number of hydrogen-bond donors (Lipinski definition) is 2. The highest BCUT2D eigenvalue weighted by Crippen LogP contribution is 2.26. The highest BCUT2D eigenvalue weighted by Gasteiger charge is 2.24. The van der Waals surface area contributed by atoms with Gasteiger partial charge in [0.05, 0.1) is 12.1 Å². The lowest BCUT2D eigenvalue weighted by atomic mass is 9.92. The summed E-state index contributed by atoms with van der Waals surface area (Å²) in [4.78, 5) is 8.67. The largest absolute Gasteiger partial charge is 0.394 e. The van der Waals surface area contributed by atoms with Gasteiger partial charge in [0, 0.05) is 10.9 Å². The molecule has 0 aliphatic heterocycles. The summed E-state index contributed by atoms with van der Waals surface area (Å²) in [6, 6.07) is 8.09. The van der Waals surface area contributed by atoms with Crippen LogP contribution >= 0.6 is 11.8 Å². The molecule has 0 saturated carbocycles. The van der Waals surface area contributed by atoms with Crippen LogP contribution in [-0.4, -0.2) is 40.0 Å². The number of aromatic nitrogens is 2. The number of hydrogen-bond acceptors (Lipinski definition) is 5. The maximum Gasteiger partial charge on any atom is 0.117 e. The van der Waals surface area contributed by atoms with Crippen LogP contribution in [0.15, 0.2) is 35.6 Å². The summed E-state index contributed by atoms with van der Waals surface area (Å²) in [5.41, 5.74) is 0.845. The normalized spacial score (nSPS) is 14.2. The van der Waals surface area contributed by atoms with E-state index in [2.05, 4.69) is 28.3 Å². The Morgan fingerprint density at radius 3 is 2.81 bits per heavy atom. The molecule has 0 aliphatic rings. The van der Waals surface area contributed by atoms with Crippen LogP contribution in [0.25, 0.3) is 10.9 Å². The summed E-state index contributed by atoms with van der Waals surface area (Å²) in [6.45, 7) is 2.29. The first-order valence-electron chi connectivity index (χ1n) is 7.37. The number of para-hydroxylation sites is 1. The summed E-state index contributed by atoms with van der Waals surface area (Å²) in [5.74, 6) is 0.991. The first-order valence-corrected chi connectivity index (χ1v) is 8.35. The van der Waals surface area contributed by atoms with E-state index in [1.165, 1.54) is 0 Å². The van der Waals surface area contributed by atoms with Crippen LogP contribution in [0.5, 0.6) is 0 Å². The van der Waals surface area contributed by atoms with Crippen molar-refractivity contribution in [3.8, 4) is 0 Å². The van der Waals surface area contributed by atoms with E-state index in [0.717, 1.165) is 40.9 Å². The number of rotatable bonds is 8. The van der Waals surface area contributed by atoms with Gasteiger partial charge in [-0.25, -0.2) is 9.97 Å². The quantitative estimate of drug-likeness (QED) is 0.446. The van der Waals surface area contributed by atoms with Gasteiger partial charge in [0.2, 0.25) is 0 Å². The van der Waals surface area contributed by atoms with E-state index in [9.17, 15) is 5.11 Å². The van der Waals surface area contributed by atoms with Gasteiger partial charge in [0.25, 0.3) is 0 Å². The molecule has 2 aromatic rings. The molecule has 2 N–H and O–H groups in total. The minimum Gasteiger partial charge on any atom is -0.394 e. The zero-order chi connectivity index (χ0) is 15.1. The second-order valence-corrected chi connectivity index (χ2v) is 6.27. The molecule has 1 aromatic carbocycles. The maximum absolute atomic E-state index is 9.54. The molecule has 0 saturated heterocycles. The Morgan fingerprint density at radius 1 is 1.29 bits per heavy atom. The number of fused-ring (bicyclic) bond motifs is 1. The van der Waals surface area contributed by atoms with Gasteiger partial charge < -0.3 is 10.4 Å². The molecule has 0 bridgehead atoms. The van der Waals surface area contributed by atoms with Crippen LogP contribution in [0.1, 0.15) is 26.2 Å². The van der Waals surface area contributed by atoms with Gasteiger partial charge in [-0.05, 0) is 38.1 Å². The van der Waals surface area contributed by atoms with Crippen LogP contribution < -0.4 is 5.32 Å². The van der Waals surface area contributed by atoms with Crippen molar-refractivity contribution >= 4 is 22.7 Å². The van der Waals surface area contributed by atoms with Crippen molar-refractivity contribution in [1.82, 2.24) is 15.3 Å². The summed E-state index contributed by atoms with van der Waals surface area (Å²) in [5, 5.41) is 15.0. The highest BCUT2D eigenvalue weighted by molar-refractivity contribution is 7.99. The molecular formula is C16H23N3OS. The monoisotopic (exact) mass is 305 g/mol. The minimum absolute atomic E-state index is 0.145. The third-order valence-corrected chi connectivity index (χ3v) is 5.15. The predicted octanol–water partition coefficient (Wildman–Crippen LogP) is 2.86. The SMILES string of the molecule is CCC(CO)(CCCSc1ncnc2ccccc12)NC. The molecular weight excluding hydrogens is 282 g/mol. The van der Waals surface area contributed by atoms with E-state index in [1.54, 1.807) is 18.1 Å². The van der Waals surface area contributed by atoms with Crippen LogP contribution in [-0.2, 0) is 0 Å². The molecule has 114 valence electrons.